The fourth-order valence-corrected chi connectivity index (χ4v) is 2.15. The summed E-state index contributed by atoms with van der Waals surface area (Å²) in [6, 6.07) is 10.9. The Kier molecular flexibility index (Phi) is 5.29. The number of carboxylic acid groups (broad SMARTS) is 1. The Bertz CT molecular complexity index is 777. The van der Waals surface area contributed by atoms with Crippen LogP contribution in [0.4, 0.5) is 5.69 Å². The predicted molar refractivity (Wildman–Crippen MR) is 90.8 cm³/mol. The summed E-state index contributed by atoms with van der Waals surface area (Å²) in [7, 11) is 0. The maximum absolute atomic E-state index is 11.4. The summed E-state index contributed by atoms with van der Waals surface area (Å²) in [6.45, 7) is 3.11. The highest BCUT2D eigenvalue weighted by atomic mass is 16.5. The number of amides is 1. The van der Waals surface area contributed by atoms with E-state index in [2.05, 4.69) is 5.32 Å². The van der Waals surface area contributed by atoms with Gasteiger partial charge in [0.1, 0.15) is 23.7 Å². The van der Waals surface area contributed by atoms with E-state index in [1.807, 2.05) is 0 Å². The average Bonchev–Trinajstić information content (AvgIpc) is 2.49. The zero-order valence-corrected chi connectivity index (χ0v) is 13.8. The minimum Gasteiger partial charge on any atom is -0.508 e. The van der Waals surface area contributed by atoms with E-state index < -0.39 is 23.9 Å². The number of benzene rings is 2. The van der Waals surface area contributed by atoms with Gasteiger partial charge in [0, 0.05) is 11.3 Å². The van der Waals surface area contributed by atoms with E-state index in [0.29, 0.717) is 22.7 Å². The van der Waals surface area contributed by atoms with Gasteiger partial charge in [-0.05, 0) is 56.3 Å². The zero-order chi connectivity index (χ0) is 18.6. The minimum absolute atomic E-state index is 0.0312. The Hall–Kier alpha value is -3.06. The molecule has 0 aliphatic rings. The van der Waals surface area contributed by atoms with Crippen molar-refractivity contribution >= 4 is 17.6 Å². The van der Waals surface area contributed by atoms with Crippen LogP contribution in [0.1, 0.15) is 25.8 Å². The fourth-order valence-electron chi connectivity index (χ4n) is 2.15. The molecule has 7 nitrogen and oxygen atoms in total. The molecule has 1 amide bonds. The molecule has 0 heterocycles. The van der Waals surface area contributed by atoms with Gasteiger partial charge in [-0.15, -0.1) is 0 Å². The number of anilines is 1. The summed E-state index contributed by atoms with van der Waals surface area (Å²) < 4.78 is 5.66. The van der Waals surface area contributed by atoms with E-state index in [9.17, 15) is 19.8 Å². The van der Waals surface area contributed by atoms with E-state index in [1.165, 1.54) is 12.1 Å². The highest BCUT2D eigenvalue weighted by Crippen LogP contribution is 2.33. The van der Waals surface area contributed by atoms with Gasteiger partial charge in [0.25, 0.3) is 0 Å². The summed E-state index contributed by atoms with van der Waals surface area (Å²) in [5.41, 5.74) is -0.439. The number of rotatable bonds is 6. The number of aliphatic carboxylic acids is 1. The Morgan fingerprint density at radius 3 is 2.24 bits per heavy atom. The molecule has 0 fully saturated rings. The largest absolute Gasteiger partial charge is 0.508 e. The number of hydrogen-bond acceptors (Lipinski definition) is 5. The summed E-state index contributed by atoms with van der Waals surface area (Å²) in [6.07, 6.45) is -0.606. The van der Waals surface area contributed by atoms with Gasteiger partial charge in [0.05, 0.1) is 5.60 Å². The third-order valence-corrected chi connectivity index (χ3v) is 3.31. The van der Waals surface area contributed by atoms with Crippen molar-refractivity contribution in [2.24, 2.45) is 0 Å². The zero-order valence-electron chi connectivity index (χ0n) is 13.8. The molecule has 7 heteroatoms. The van der Waals surface area contributed by atoms with Crippen LogP contribution < -0.4 is 10.1 Å². The lowest BCUT2D eigenvalue weighted by Crippen LogP contribution is -2.15. The molecule has 4 N–H and O–H groups in total. The molecule has 0 aliphatic carbocycles. The molecule has 0 atom stereocenters. The molecule has 0 spiro atoms. The van der Waals surface area contributed by atoms with Crippen molar-refractivity contribution in [3.8, 4) is 17.2 Å². The SMILES string of the molecule is CC(C)(O)c1cc(Oc2ccc(NC(=O)CC(=O)O)cc2)ccc1O. The van der Waals surface area contributed by atoms with Gasteiger partial charge >= 0.3 is 5.97 Å². The second-order valence-corrected chi connectivity index (χ2v) is 5.98. The number of carbonyl (C=O) groups excluding carboxylic acids is 1. The van der Waals surface area contributed by atoms with Crippen molar-refractivity contribution in [3.05, 3.63) is 48.0 Å². The normalized spacial score (nSPS) is 11.0. The van der Waals surface area contributed by atoms with Crippen molar-refractivity contribution in [3.63, 3.8) is 0 Å². The van der Waals surface area contributed by atoms with Crippen LogP contribution in [0.2, 0.25) is 0 Å². The van der Waals surface area contributed by atoms with Crippen molar-refractivity contribution in [1.29, 1.82) is 0 Å². The van der Waals surface area contributed by atoms with E-state index in [-0.39, 0.29) is 5.75 Å². The number of carbonyl (C=O) groups is 2. The van der Waals surface area contributed by atoms with Gasteiger partial charge in [0.15, 0.2) is 0 Å². The third kappa shape index (κ3) is 5.22. The minimum atomic E-state index is -1.22. The molecular formula is C18H19NO6. The number of aliphatic hydroxyl groups is 1. The second-order valence-electron chi connectivity index (χ2n) is 5.98. The van der Waals surface area contributed by atoms with Crippen LogP contribution in [0.25, 0.3) is 0 Å². The van der Waals surface area contributed by atoms with Crippen LogP contribution in [0.3, 0.4) is 0 Å². The van der Waals surface area contributed by atoms with Gasteiger partial charge in [-0.2, -0.15) is 0 Å². The molecule has 0 saturated heterocycles. The van der Waals surface area contributed by atoms with E-state index >= 15 is 0 Å². The number of aromatic hydroxyl groups is 1. The Labute approximate surface area is 144 Å². The third-order valence-electron chi connectivity index (χ3n) is 3.31. The van der Waals surface area contributed by atoms with Crippen LogP contribution in [0.5, 0.6) is 17.2 Å². The predicted octanol–water partition coefficient (Wildman–Crippen LogP) is 2.83. The van der Waals surface area contributed by atoms with E-state index in [0.717, 1.165) is 0 Å². The summed E-state index contributed by atoms with van der Waals surface area (Å²) in [4.78, 5) is 21.9. The number of phenolic OH excluding ortho intramolecular Hbond substituents is 1. The fraction of sp³-hybridized carbons (Fsp3) is 0.222. The lowest BCUT2D eigenvalue weighted by atomic mass is 9.97. The van der Waals surface area contributed by atoms with Crippen molar-refractivity contribution in [1.82, 2.24) is 0 Å². The molecular weight excluding hydrogens is 326 g/mol. The Morgan fingerprint density at radius 1 is 1.08 bits per heavy atom. The second kappa shape index (κ2) is 7.23. The van der Waals surface area contributed by atoms with Crippen LogP contribution in [0, 0.1) is 0 Å². The first-order valence-corrected chi connectivity index (χ1v) is 7.50. The summed E-state index contributed by atoms with van der Waals surface area (Å²) >= 11 is 0. The molecule has 0 aliphatic heterocycles. The number of nitrogens with one attached hydrogen (secondary N) is 1. The molecule has 2 aromatic rings. The van der Waals surface area contributed by atoms with Crippen LogP contribution in [-0.2, 0) is 15.2 Å². The van der Waals surface area contributed by atoms with E-state index in [1.54, 1.807) is 44.2 Å². The standard InChI is InChI=1S/C18H19NO6/c1-18(2,24)14-9-13(7-8-15(14)20)25-12-5-3-11(4-6-12)19-16(21)10-17(22)23/h3-9,20,24H,10H2,1-2H3,(H,19,21)(H,22,23). The molecule has 0 radical (unpaired) electrons. The number of phenols is 1. The van der Waals surface area contributed by atoms with Crippen molar-refractivity contribution in [2.45, 2.75) is 25.9 Å². The van der Waals surface area contributed by atoms with Gasteiger partial charge < -0.3 is 25.4 Å². The van der Waals surface area contributed by atoms with Gasteiger partial charge in [0.2, 0.25) is 5.91 Å². The molecule has 0 saturated carbocycles. The molecule has 25 heavy (non-hydrogen) atoms. The lowest BCUT2D eigenvalue weighted by Gasteiger charge is -2.20. The molecule has 0 unspecified atom stereocenters. The number of ether oxygens (including phenoxy) is 1. The Balaban J connectivity index is 2.09. The van der Waals surface area contributed by atoms with Crippen LogP contribution in [0.15, 0.2) is 42.5 Å². The van der Waals surface area contributed by atoms with Crippen molar-refractivity contribution < 1.29 is 29.6 Å². The van der Waals surface area contributed by atoms with Crippen LogP contribution in [-0.4, -0.2) is 27.2 Å². The number of hydrogen-bond donors (Lipinski definition) is 4. The lowest BCUT2D eigenvalue weighted by molar-refractivity contribution is -0.139. The van der Waals surface area contributed by atoms with Gasteiger partial charge in [-0.3, -0.25) is 9.59 Å². The molecule has 0 bridgehead atoms. The highest BCUT2D eigenvalue weighted by molar-refractivity contribution is 6.01. The molecule has 132 valence electrons. The quantitative estimate of drug-likeness (QED) is 0.598. The van der Waals surface area contributed by atoms with E-state index in [4.69, 9.17) is 9.84 Å². The first-order chi connectivity index (χ1) is 11.6. The first kappa shape index (κ1) is 18.3. The maximum Gasteiger partial charge on any atom is 0.312 e. The molecule has 2 rings (SSSR count). The first-order valence-electron chi connectivity index (χ1n) is 7.50. The summed E-state index contributed by atoms with van der Waals surface area (Å²) in [5.74, 6) is -0.945. The van der Waals surface area contributed by atoms with Crippen molar-refractivity contribution in [2.75, 3.05) is 5.32 Å². The molecule has 2 aromatic carbocycles. The monoisotopic (exact) mass is 345 g/mol. The molecule has 0 aromatic heterocycles. The highest BCUT2D eigenvalue weighted by Gasteiger charge is 2.21. The maximum atomic E-state index is 11.4. The van der Waals surface area contributed by atoms with Gasteiger partial charge in [-0.1, -0.05) is 0 Å². The topological polar surface area (TPSA) is 116 Å². The smallest absolute Gasteiger partial charge is 0.312 e. The van der Waals surface area contributed by atoms with Gasteiger partial charge in [-0.25, -0.2) is 0 Å². The average molecular weight is 345 g/mol. The summed E-state index contributed by atoms with van der Waals surface area (Å²) in [5, 5.41) is 30.9. The Morgan fingerprint density at radius 2 is 1.68 bits per heavy atom. The number of carboxylic acids is 1. The van der Waals surface area contributed by atoms with Crippen LogP contribution >= 0.6 is 0 Å².